The maximum Gasteiger partial charge on any atom is 0.251 e. The molecule has 0 saturated carbocycles. The molecular formula is C24H30N2O4S. The molecule has 1 aliphatic rings. The van der Waals surface area contributed by atoms with Crippen molar-refractivity contribution >= 4 is 15.9 Å². The summed E-state index contributed by atoms with van der Waals surface area (Å²) in [7, 11) is -1.96. The molecule has 0 aromatic heterocycles. The van der Waals surface area contributed by atoms with Gasteiger partial charge in [0.05, 0.1) is 12.0 Å². The first kappa shape index (κ1) is 23.0. The number of sulfonamides is 1. The zero-order valence-electron chi connectivity index (χ0n) is 17.9. The first-order valence-electron chi connectivity index (χ1n) is 10.6. The van der Waals surface area contributed by atoms with Gasteiger partial charge in [0.15, 0.2) is 0 Å². The number of ether oxygens (including phenoxy) is 1. The second-order valence-electron chi connectivity index (χ2n) is 7.76. The Hall–Kier alpha value is -2.64. The Bertz CT molecular complexity index is 994. The largest absolute Gasteiger partial charge is 0.497 e. The van der Waals surface area contributed by atoms with E-state index in [9.17, 15) is 13.2 Å². The van der Waals surface area contributed by atoms with Crippen LogP contribution < -0.4 is 10.1 Å². The zero-order chi connectivity index (χ0) is 22.3. The fraction of sp³-hybridized carbons (Fsp3) is 0.375. The summed E-state index contributed by atoms with van der Waals surface area (Å²) >= 11 is 0. The number of rotatable bonds is 9. The number of amides is 1. The molecule has 166 valence electrons. The minimum Gasteiger partial charge on any atom is -0.497 e. The molecule has 0 bridgehead atoms. The van der Waals surface area contributed by atoms with Crippen molar-refractivity contribution in [3.8, 4) is 5.75 Å². The molecule has 1 fully saturated rings. The molecule has 1 aliphatic heterocycles. The van der Waals surface area contributed by atoms with Crippen molar-refractivity contribution in [1.82, 2.24) is 9.62 Å². The summed E-state index contributed by atoms with van der Waals surface area (Å²) < 4.78 is 32.9. The van der Waals surface area contributed by atoms with Gasteiger partial charge in [0.1, 0.15) is 5.75 Å². The Labute approximate surface area is 185 Å². The number of nitrogens with zero attached hydrogens (tertiary/aromatic N) is 1. The van der Waals surface area contributed by atoms with Crippen molar-refractivity contribution in [3.05, 3.63) is 72.3 Å². The van der Waals surface area contributed by atoms with Gasteiger partial charge in [0, 0.05) is 25.2 Å². The highest BCUT2D eigenvalue weighted by molar-refractivity contribution is 7.89. The number of methoxy groups -OCH3 is 1. The van der Waals surface area contributed by atoms with E-state index in [-0.39, 0.29) is 10.8 Å². The van der Waals surface area contributed by atoms with Crippen molar-refractivity contribution in [3.63, 3.8) is 0 Å². The monoisotopic (exact) mass is 442 g/mol. The highest BCUT2D eigenvalue weighted by Crippen LogP contribution is 2.27. The lowest BCUT2D eigenvalue weighted by atomic mass is 9.91. The summed E-state index contributed by atoms with van der Waals surface area (Å²) in [5.41, 5.74) is 1.60. The van der Waals surface area contributed by atoms with Crippen LogP contribution in [0.3, 0.4) is 0 Å². The van der Waals surface area contributed by atoms with Gasteiger partial charge in [0.25, 0.3) is 5.91 Å². The highest BCUT2D eigenvalue weighted by Gasteiger charge is 2.29. The van der Waals surface area contributed by atoms with E-state index in [1.54, 1.807) is 31.4 Å². The van der Waals surface area contributed by atoms with E-state index in [4.69, 9.17) is 4.74 Å². The number of nitrogens with one attached hydrogen (secondary N) is 1. The number of carbonyl (C=O) groups excluding carboxylic acids is 1. The number of piperidine rings is 1. The van der Waals surface area contributed by atoms with Gasteiger partial charge in [-0.05, 0) is 67.5 Å². The Morgan fingerprint density at radius 1 is 1.19 bits per heavy atom. The molecule has 7 heteroatoms. The van der Waals surface area contributed by atoms with Crippen LogP contribution >= 0.6 is 0 Å². The molecular weight excluding hydrogens is 412 g/mol. The van der Waals surface area contributed by atoms with Gasteiger partial charge in [-0.3, -0.25) is 4.79 Å². The minimum atomic E-state index is -3.62. The van der Waals surface area contributed by atoms with Crippen LogP contribution in [0.25, 0.3) is 0 Å². The summed E-state index contributed by atoms with van der Waals surface area (Å²) in [6.07, 6.45) is 5.28. The molecule has 6 nitrogen and oxygen atoms in total. The Balaban J connectivity index is 1.56. The third-order valence-electron chi connectivity index (χ3n) is 5.71. The van der Waals surface area contributed by atoms with E-state index < -0.39 is 10.0 Å². The van der Waals surface area contributed by atoms with Crippen molar-refractivity contribution in [2.24, 2.45) is 5.92 Å². The van der Waals surface area contributed by atoms with Crippen LogP contribution in [0.4, 0.5) is 0 Å². The smallest absolute Gasteiger partial charge is 0.251 e. The van der Waals surface area contributed by atoms with Crippen LogP contribution in [0, 0.1) is 5.92 Å². The second-order valence-corrected chi connectivity index (χ2v) is 9.70. The van der Waals surface area contributed by atoms with Gasteiger partial charge >= 0.3 is 0 Å². The Morgan fingerprint density at radius 2 is 1.90 bits per heavy atom. The summed E-state index contributed by atoms with van der Waals surface area (Å²) in [6.45, 7) is 4.90. The molecule has 1 N–H and O–H groups in total. The Kier molecular flexibility index (Phi) is 7.87. The third-order valence-corrected chi connectivity index (χ3v) is 7.61. The van der Waals surface area contributed by atoms with E-state index in [0.717, 1.165) is 31.4 Å². The molecule has 1 heterocycles. The van der Waals surface area contributed by atoms with E-state index in [1.807, 2.05) is 12.1 Å². The molecule has 31 heavy (non-hydrogen) atoms. The van der Waals surface area contributed by atoms with Crippen molar-refractivity contribution in [1.29, 1.82) is 0 Å². The average Bonchev–Trinajstić information content (AvgIpc) is 2.82. The van der Waals surface area contributed by atoms with Crippen LogP contribution in [-0.4, -0.2) is 45.4 Å². The normalized spacial score (nSPS) is 15.4. The maximum atomic E-state index is 13.1. The lowest BCUT2D eigenvalue weighted by Crippen LogP contribution is -2.38. The molecule has 1 amide bonds. The third kappa shape index (κ3) is 5.95. The van der Waals surface area contributed by atoms with Crippen LogP contribution in [0.5, 0.6) is 5.75 Å². The van der Waals surface area contributed by atoms with Crippen LogP contribution in [0.15, 0.2) is 66.1 Å². The number of carbonyl (C=O) groups is 1. The molecule has 2 aromatic carbocycles. The summed E-state index contributed by atoms with van der Waals surface area (Å²) in [5, 5.41) is 2.67. The van der Waals surface area contributed by atoms with Crippen LogP contribution in [0.2, 0.25) is 0 Å². The standard InChI is InChI=1S/C24H30N2O4S/c1-3-15-25-24(27)21-5-4-6-23(18-21)31(28,29)26-16-13-20(14-17-26)8-7-19-9-11-22(30-2)12-10-19/h3-6,9-12,18,20H,1,7-8,13-17H2,2H3,(H,25,27). The van der Waals surface area contributed by atoms with Gasteiger partial charge in [-0.1, -0.05) is 24.3 Å². The summed E-state index contributed by atoms with van der Waals surface area (Å²) in [4.78, 5) is 12.3. The minimum absolute atomic E-state index is 0.162. The summed E-state index contributed by atoms with van der Waals surface area (Å²) in [6, 6.07) is 14.3. The molecule has 3 rings (SSSR count). The van der Waals surface area contributed by atoms with Gasteiger partial charge in [-0.15, -0.1) is 6.58 Å². The first-order valence-corrected chi connectivity index (χ1v) is 12.0. The number of hydrogen-bond donors (Lipinski definition) is 1. The predicted molar refractivity (Wildman–Crippen MR) is 122 cm³/mol. The molecule has 0 spiro atoms. The van der Waals surface area contributed by atoms with E-state index in [1.165, 1.54) is 15.9 Å². The summed E-state index contributed by atoms with van der Waals surface area (Å²) in [5.74, 6) is 1.04. The van der Waals surface area contributed by atoms with Crippen LogP contribution in [-0.2, 0) is 16.4 Å². The number of hydrogen-bond acceptors (Lipinski definition) is 4. The SMILES string of the molecule is C=CCNC(=O)c1cccc(S(=O)(=O)N2CCC(CCc3ccc(OC)cc3)CC2)c1. The molecule has 2 aromatic rings. The fourth-order valence-electron chi connectivity index (χ4n) is 3.82. The Morgan fingerprint density at radius 3 is 2.55 bits per heavy atom. The van der Waals surface area contributed by atoms with Crippen LogP contribution in [0.1, 0.15) is 35.2 Å². The lowest BCUT2D eigenvalue weighted by molar-refractivity contribution is 0.0958. The van der Waals surface area contributed by atoms with Gasteiger partial charge in [-0.2, -0.15) is 4.31 Å². The van der Waals surface area contributed by atoms with E-state index >= 15 is 0 Å². The lowest BCUT2D eigenvalue weighted by Gasteiger charge is -2.31. The van der Waals surface area contributed by atoms with Crippen molar-refractivity contribution < 1.29 is 17.9 Å². The zero-order valence-corrected chi connectivity index (χ0v) is 18.7. The first-order chi connectivity index (χ1) is 14.9. The van der Waals surface area contributed by atoms with Crippen molar-refractivity contribution in [2.75, 3.05) is 26.7 Å². The van der Waals surface area contributed by atoms with Crippen molar-refractivity contribution in [2.45, 2.75) is 30.6 Å². The molecule has 0 atom stereocenters. The van der Waals surface area contributed by atoms with Gasteiger partial charge in [0.2, 0.25) is 10.0 Å². The average molecular weight is 443 g/mol. The number of benzene rings is 2. The molecule has 1 saturated heterocycles. The molecule has 0 unspecified atom stereocenters. The fourth-order valence-corrected chi connectivity index (χ4v) is 5.33. The van der Waals surface area contributed by atoms with E-state index in [2.05, 4.69) is 24.0 Å². The van der Waals surface area contributed by atoms with E-state index in [0.29, 0.717) is 31.1 Å². The molecule has 0 aliphatic carbocycles. The van der Waals surface area contributed by atoms with Gasteiger partial charge < -0.3 is 10.1 Å². The predicted octanol–water partition coefficient (Wildman–Crippen LogP) is 3.64. The second kappa shape index (κ2) is 10.6. The highest BCUT2D eigenvalue weighted by atomic mass is 32.2. The number of aryl methyl sites for hydroxylation is 1. The van der Waals surface area contributed by atoms with Gasteiger partial charge in [-0.25, -0.2) is 8.42 Å². The topological polar surface area (TPSA) is 75.7 Å². The molecule has 0 radical (unpaired) electrons. The quantitative estimate of drug-likeness (QED) is 0.602. The maximum absolute atomic E-state index is 13.1.